The fraction of sp³-hybridized carbons (Fsp3) is 0.647. The molecular weight excluding hydrogens is 248 g/mol. The number of anilines is 1. The molecule has 0 aliphatic rings. The summed E-state index contributed by atoms with van der Waals surface area (Å²) < 4.78 is 5.50. The fourth-order valence-corrected chi connectivity index (χ4v) is 2.60. The summed E-state index contributed by atoms with van der Waals surface area (Å²) in [6.07, 6.45) is 0. The van der Waals surface area contributed by atoms with Crippen LogP contribution in [-0.2, 0) is 0 Å². The summed E-state index contributed by atoms with van der Waals surface area (Å²) in [7, 11) is 1.71. The van der Waals surface area contributed by atoms with Gasteiger partial charge in [0.2, 0.25) is 0 Å². The van der Waals surface area contributed by atoms with Crippen LogP contribution in [-0.4, -0.2) is 20.2 Å². The summed E-state index contributed by atoms with van der Waals surface area (Å²) in [5.41, 5.74) is 8.50. The molecule has 0 amide bonds. The summed E-state index contributed by atoms with van der Waals surface area (Å²) in [5.74, 6) is 2.11. The van der Waals surface area contributed by atoms with Gasteiger partial charge >= 0.3 is 0 Å². The van der Waals surface area contributed by atoms with E-state index in [1.165, 1.54) is 5.69 Å². The minimum atomic E-state index is -0.0389. The molecule has 0 unspecified atom stereocenters. The van der Waals surface area contributed by atoms with Gasteiger partial charge in [-0.3, -0.25) is 0 Å². The molecule has 0 fully saturated rings. The van der Waals surface area contributed by atoms with Gasteiger partial charge in [0.25, 0.3) is 0 Å². The maximum Gasteiger partial charge on any atom is 0.125 e. The van der Waals surface area contributed by atoms with Crippen LogP contribution in [0.1, 0.15) is 46.2 Å². The molecule has 3 heteroatoms. The Balaban J connectivity index is 3.23. The van der Waals surface area contributed by atoms with E-state index in [9.17, 15) is 0 Å². The molecule has 2 N–H and O–H groups in total. The zero-order chi connectivity index (χ0) is 15.3. The highest BCUT2D eigenvalue weighted by atomic mass is 16.5. The topological polar surface area (TPSA) is 38.5 Å². The number of methoxy groups -OCH3 is 1. The van der Waals surface area contributed by atoms with E-state index >= 15 is 0 Å². The normalized spacial score (nSPS) is 12.8. The first-order valence-corrected chi connectivity index (χ1v) is 7.54. The largest absolute Gasteiger partial charge is 0.496 e. The fourth-order valence-electron chi connectivity index (χ4n) is 2.60. The summed E-state index contributed by atoms with van der Waals surface area (Å²) in [6.45, 7) is 13.1. The number of ether oxygens (including phenoxy) is 1. The van der Waals surface area contributed by atoms with Crippen molar-refractivity contribution in [2.45, 2.75) is 40.7 Å². The van der Waals surface area contributed by atoms with E-state index < -0.39 is 0 Å². The van der Waals surface area contributed by atoms with Crippen molar-refractivity contribution in [1.29, 1.82) is 0 Å². The monoisotopic (exact) mass is 278 g/mol. The van der Waals surface area contributed by atoms with Gasteiger partial charge in [-0.25, -0.2) is 0 Å². The first kappa shape index (κ1) is 16.8. The first-order chi connectivity index (χ1) is 9.36. The van der Waals surface area contributed by atoms with Crippen LogP contribution in [0.2, 0.25) is 0 Å². The molecule has 0 aliphatic carbocycles. The van der Waals surface area contributed by atoms with Crippen LogP contribution in [0, 0.1) is 11.8 Å². The zero-order valence-corrected chi connectivity index (χ0v) is 13.8. The van der Waals surface area contributed by atoms with Gasteiger partial charge in [-0.15, -0.1) is 0 Å². The van der Waals surface area contributed by atoms with Crippen LogP contribution in [0.4, 0.5) is 5.69 Å². The Bertz CT molecular complexity index is 403. The minimum absolute atomic E-state index is 0.0389. The van der Waals surface area contributed by atoms with Crippen LogP contribution in [0.15, 0.2) is 18.2 Å². The molecule has 0 aliphatic heterocycles. The summed E-state index contributed by atoms with van der Waals surface area (Å²) in [6, 6.07) is 6.16. The van der Waals surface area contributed by atoms with E-state index in [0.29, 0.717) is 11.8 Å². The Morgan fingerprint density at radius 2 is 1.60 bits per heavy atom. The van der Waals surface area contributed by atoms with Gasteiger partial charge in [0.05, 0.1) is 7.11 Å². The van der Waals surface area contributed by atoms with Crippen molar-refractivity contribution >= 4 is 5.69 Å². The molecule has 0 saturated heterocycles. The number of nitrogens with zero attached hydrogens (tertiary/aromatic N) is 1. The van der Waals surface area contributed by atoms with Gasteiger partial charge in [0, 0.05) is 30.4 Å². The van der Waals surface area contributed by atoms with Crippen molar-refractivity contribution < 1.29 is 4.74 Å². The number of nitrogens with two attached hydrogens (primary N) is 1. The maximum absolute atomic E-state index is 6.18. The molecular formula is C17H30N2O. The third-order valence-corrected chi connectivity index (χ3v) is 3.23. The highest BCUT2D eigenvalue weighted by molar-refractivity contribution is 5.60. The second-order valence-corrected chi connectivity index (χ2v) is 6.37. The summed E-state index contributed by atoms with van der Waals surface area (Å²) in [5, 5.41) is 0. The molecule has 0 heterocycles. The molecule has 3 nitrogen and oxygen atoms in total. The first-order valence-electron chi connectivity index (χ1n) is 7.54. The van der Waals surface area contributed by atoms with Crippen molar-refractivity contribution in [2.24, 2.45) is 17.6 Å². The molecule has 0 aromatic heterocycles. The standard InChI is InChI=1S/C17H30N2O/c1-12(2)10-19(11-13(3)4)15-8-7-9-16(20-6)17(15)14(5)18/h7-9,12-14H,10-11,18H2,1-6H3/t14-/m1/s1. The number of rotatable bonds is 7. The Labute approximate surface area is 124 Å². The van der Waals surface area contributed by atoms with Crippen molar-refractivity contribution in [3.05, 3.63) is 23.8 Å². The minimum Gasteiger partial charge on any atom is -0.496 e. The van der Waals surface area contributed by atoms with Crippen LogP contribution in [0.3, 0.4) is 0 Å². The van der Waals surface area contributed by atoms with Crippen molar-refractivity contribution in [2.75, 3.05) is 25.1 Å². The molecule has 0 radical (unpaired) electrons. The smallest absolute Gasteiger partial charge is 0.125 e. The summed E-state index contributed by atoms with van der Waals surface area (Å²) in [4.78, 5) is 2.44. The van der Waals surface area contributed by atoms with Crippen LogP contribution >= 0.6 is 0 Å². The van der Waals surface area contributed by atoms with Crippen LogP contribution in [0.5, 0.6) is 5.75 Å². The molecule has 20 heavy (non-hydrogen) atoms. The molecule has 0 bridgehead atoms. The van der Waals surface area contributed by atoms with Crippen LogP contribution < -0.4 is 15.4 Å². The maximum atomic E-state index is 6.18. The number of benzene rings is 1. The molecule has 0 spiro atoms. The SMILES string of the molecule is COc1cccc(N(CC(C)C)CC(C)C)c1[C@@H](C)N. The lowest BCUT2D eigenvalue weighted by Crippen LogP contribution is -2.32. The van der Waals surface area contributed by atoms with Gasteiger partial charge in [-0.2, -0.15) is 0 Å². The predicted octanol–water partition coefficient (Wildman–Crippen LogP) is 3.83. The van der Waals surface area contributed by atoms with Gasteiger partial charge in [-0.05, 0) is 30.9 Å². The van der Waals surface area contributed by atoms with Gasteiger partial charge in [0.15, 0.2) is 0 Å². The third kappa shape index (κ3) is 4.41. The van der Waals surface area contributed by atoms with Crippen molar-refractivity contribution in [1.82, 2.24) is 0 Å². The van der Waals surface area contributed by atoms with E-state index in [2.05, 4.69) is 38.7 Å². The predicted molar refractivity (Wildman–Crippen MR) is 87.5 cm³/mol. The average Bonchev–Trinajstić information content (AvgIpc) is 2.35. The number of hydrogen-bond donors (Lipinski definition) is 1. The Kier molecular flexibility index (Phi) is 6.34. The average molecular weight is 278 g/mol. The molecule has 114 valence electrons. The van der Waals surface area contributed by atoms with E-state index in [4.69, 9.17) is 10.5 Å². The lowest BCUT2D eigenvalue weighted by molar-refractivity contribution is 0.406. The molecule has 1 atom stereocenters. The van der Waals surface area contributed by atoms with Crippen molar-refractivity contribution in [3.8, 4) is 5.75 Å². The molecule has 1 aromatic carbocycles. The van der Waals surface area contributed by atoms with Crippen LogP contribution in [0.25, 0.3) is 0 Å². The quantitative estimate of drug-likeness (QED) is 0.823. The van der Waals surface area contributed by atoms with Gasteiger partial charge < -0.3 is 15.4 Å². The molecule has 0 saturated carbocycles. The second kappa shape index (κ2) is 7.53. The Hall–Kier alpha value is -1.22. The van der Waals surface area contributed by atoms with E-state index in [0.717, 1.165) is 24.4 Å². The van der Waals surface area contributed by atoms with E-state index in [1.807, 2.05) is 19.1 Å². The second-order valence-electron chi connectivity index (χ2n) is 6.37. The van der Waals surface area contributed by atoms with E-state index in [-0.39, 0.29) is 6.04 Å². The lowest BCUT2D eigenvalue weighted by Gasteiger charge is -2.32. The Morgan fingerprint density at radius 3 is 2.00 bits per heavy atom. The molecule has 1 rings (SSSR count). The van der Waals surface area contributed by atoms with Crippen molar-refractivity contribution in [3.63, 3.8) is 0 Å². The Morgan fingerprint density at radius 1 is 1.05 bits per heavy atom. The van der Waals surface area contributed by atoms with Gasteiger partial charge in [-0.1, -0.05) is 33.8 Å². The zero-order valence-electron chi connectivity index (χ0n) is 13.8. The van der Waals surface area contributed by atoms with Gasteiger partial charge in [0.1, 0.15) is 5.75 Å². The molecule has 1 aromatic rings. The highest BCUT2D eigenvalue weighted by Crippen LogP contribution is 2.34. The lowest BCUT2D eigenvalue weighted by atomic mass is 10.0. The van der Waals surface area contributed by atoms with E-state index in [1.54, 1.807) is 7.11 Å². The third-order valence-electron chi connectivity index (χ3n) is 3.23. The highest BCUT2D eigenvalue weighted by Gasteiger charge is 2.19. The summed E-state index contributed by atoms with van der Waals surface area (Å²) >= 11 is 0. The number of hydrogen-bond acceptors (Lipinski definition) is 3.